The molecule has 112 valence electrons. The van der Waals surface area contributed by atoms with Gasteiger partial charge in [0.2, 0.25) is 5.82 Å². The van der Waals surface area contributed by atoms with E-state index >= 15 is 0 Å². The van der Waals surface area contributed by atoms with Gasteiger partial charge in [0.15, 0.2) is 0 Å². The molecule has 0 saturated heterocycles. The zero-order valence-corrected chi connectivity index (χ0v) is 11.8. The second kappa shape index (κ2) is 6.31. The van der Waals surface area contributed by atoms with Crippen LogP contribution in [0.15, 0.2) is 26.4 Å². The Hall–Kier alpha value is -2.48. The topological polar surface area (TPSA) is 114 Å². The maximum atomic E-state index is 11.8. The van der Waals surface area contributed by atoms with E-state index in [1.807, 2.05) is 19.9 Å². The molecule has 0 spiro atoms. The van der Waals surface area contributed by atoms with Gasteiger partial charge in [0.1, 0.15) is 5.56 Å². The average Bonchev–Trinajstić information content (AvgIpc) is 2.92. The van der Waals surface area contributed by atoms with Crippen molar-refractivity contribution in [3.8, 4) is 11.4 Å². The molecule has 0 radical (unpaired) electrons. The highest BCUT2D eigenvalue weighted by Gasteiger charge is 2.14. The van der Waals surface area contributed by atoms with Crippen molar-refractivity contribution in [1.82, 2.24) is 19.7 Å². The molecule has 0 fully saturated rings. The van der Waals surface area contributed by atoms with Gasteiger partial charge in [-0.1, -0.05) is 18.2 Å². The Bertz CT molecular complexity index is 769. The number of allylic oxidation sites excluding steroid dienone is 2. The van der Waals surface area contributed by atoms with Crippen LogP contribution in [0.2, 0.25) is 0 Å². The highest BCUT2D eigenvalue weighted by Crippen LogP contribution is 2.16. The quantitative estimate of drug-likeness (QED) is 0.824. The number of aliphatic hydroxyl groups excluding tert-OH is 1. The third-order valence-electron chi connectivity index (χ3n) is 2.87. The molecule has 0 aliphatic carbocycles. The monoisotopic (exact) mass is 292 g/mol. The van der Waals surface area contributed by atoms with Crippen LogP contribution in [0.4, 0.5) is 0 Å². The molecule has 0 aromatic carbocycles. The Kier molecular flexibility index (Phi) is 4.49. The number of aliphatic hydroxyl groups is 1. The molecule has 2 aromatic heterocycles. The van der Waals surface area contributed by atoms with Crippen LogP contribution < -0.4 is 11.2 Å². The first kappa shape index (κ1) is 14.9. The molecular formula is C13H16N4O4. The predicted octanol–water partition coefficient (Wildman–Crippen LogP) is 0.392. The molecule has 0 saturated carbocycles. The summed E-state index contributed by atoms with van der Waals surface area (Å²) in [7, 11) is 0. The lowest BCUT2D eigenvalue weighted by molar-refractivity contribution is 0.273. The molecule has 8 nitrogen and oxygen atoms in total. The Morgan fingerprint density at radius 1 is 1.52 bits per heavy atom. The number of rotatable bonds is 5. The van der Waals surface area contributed by atoms with Crippen molar-refractivity contribution in [2.24, 2.45) is 0 Å². The van der Waals surface area contributed by atoms with Crippen molar-refractivity contribution < 1.29 is 9.63 Å². The Morgan fingerprint density at radius 2 is 2.29 bits per heavy atom. The molecule has 0 aliphatic heterocycles. The smallest absolute Gasteiger partial charge is 0.328 e. The lowest BCUT2D eigenvalue weighted by Crippen LogP contribution is -2.31. The summed E-state index contributed by atoms with van der Waals surface area (Å²) in [5.74, 6) is 0.424. The van der Waals surface area contributed by atoms with Crippen molar-refractivity contribution in [2.75, 3.05) is 6.61 Å². The maximum absolute atomic E-state index is 11.8. The van der Waals surface area contributed by atoms with Crippen LogP contribution in [0.5, 0.6) is 0 Å². The Morgan fingerprint density at radius 3 is 2.95 bits per heavy atom. The van der Waals surface area contributed by atoms with Crippen molar-refractivity contribution in [1.29, 1.82) is 0 Å². The van der Waals surface area contributed by atoms with E-state index in [1.54, 1.807) is 0 Å². The number of nitrogens with zero attached hydrogens (tertiary/aromatic N) is 3. The van der Waals surface area contributed by atoms with Gasteiger partial charge in [-0.3, -0.25) is 14.3 Å². The molecule has 0 amide bonds. The summed E-state index contributed by atoms with van der Waals surface area (Å²) in [6.45, 7) is 3.66. The normalized spacial score (nSPS) is 11.9. The third-order valence-corrected chi connectivity index (χ3v) is 2.87. The van der Waals surface area contributed by atoms with Crippen LogP contribution in [-0.2, 0) is 6.54 Å². The predicted molar refractivity (Wildman–Crippen MR) is 75.6 cm³/mol. The molecule has 8 heteroatoms. The molecule has 0 atom stereocenters. The van der Waals surface area contributed by atoms with Crippen molar-refractivity contribution in [2.45, 2.75) is 26.8 Å². The van der Waals surface area contributed by atoms with Crippen molar-refractivity contribution in [3.05, 3.63) is 39.0 Å². The van der Waals surface area contributed by atoms with Crippen LogP contribution in [0.1, 0.15) is 26.2 Å². The molecule has 2 N–H and O–H groups in total. The molecule has 0 unspecified atom stereocenters. The van der Waals surface area contributed by atoms with Crippen LogP contribution in [0.25, 0.3) is 17.0 Å². The van der Waals surface area contributed by atoms with E-state index in [-0.39, 0.29) is 24.5 Å². The summed E-state index contributed by atoms with van der Waals surface area (Å²) < 4.78 is 6.28. The largest absolute Gasteiger partial charge is 0.395 e. The molecule has 0 bridgehead atoms. The van der Waals surface area contributed by atoms with E-state index in [0.717, 1.165) is 12.0 Å². The van der Waals surface area contributed by atoms with Gasteiger partial charge in [-0.05, 0) is 13.3 Å². The molecule has 2 rings (SSSR count). The highest BCUT2D eigenvalue weighted by molar-refractivity contribution is 5.59. The first-order chi connectivity index (χ1) is 10.1. The maximum Gasteiger partial charge on any atom is 0.328 e. The van der Waals surface area contributed by atoms with E-state index in [4.69, 9.17) is 9.63 Å². The van der Waals surface area contributed by atoms with E-state index in [1.165, 1.54) is 10.8 Å². The second-order valence-electron chi connectivity index (χ2n) is 4.44. The summed E-state index contributed by atoms with van der Waals surface area (Å²) in [5.41, 5.74) is -0.263. The fraction of sp³-hybridized carbons (Fsp3) is 0.385. The number of hydrogen-bond donors (Lipinski definition) is 2. The Labute approximate surface area is 119 Å². The van der Waals surface area contributed by atoms with E-state index in [0.29, 0.717) is 5.89 Å². The van der Waals surface area contributed by atoms with Gasteiger partial charge in [-0.2, -0.15) is 4.98 Å². The standard InChI is InChI=1S/C13H16N4O4/c1-3-4-8(2)12-14-10(16-21-12)9-7-17(5-6-18)13(20)15-11(9)19/h4,7,18H,3,5-6H2,1-2H3,(H,15,19,20)/b8-4+. The van der Waals surface area contributed by atoms with Gasteiger partial charge in [-0.25, -0.2) is 4.79 Å². The van der Waals surface area contributed by atoms with Crippen molar-refractivity contribution in [3.63, 3.8) is 0 Å². The summed E-state index contributed by atoms with van der Waals surface area (Å²) in [6, 6.07) is 0. The average molecular weight is 292 g/mol. The van der Waals surface area contributed by atoms with E-state index in [9.17, 15) is 9.59 Å². The molecular weight excluding hydrogens is 276 g/mol. The zero-order chi connectivity index (χ0) is 15.4. The SMILES string of the molecule is CC/C=C(\C)c1nc(-c2cn(CCO)c(=O)[nH]c2=O)no1. The zero-order valence-electron chi connectivity index (χ0n) is 11.8. The summed E-state index contributed by atoms with van der Waals surface area (Å²) in [5, 5.41) is 12.7. The van der Waals surface area contributed by atoms with Crippen LogP contribution >= 0.6 is 0 Å². The minimum absolute atomic E-state index is 0.0715. The summed E-state index contributed by atoms with van der Waals surface area (Å²) in [4.78, 5) is 29.7. The minimum atomic E-state index is -0.598. The van der Waals surface area contributed by atoms with Crippen LogP contribution in [-0.4, -0.2) is 31.4 Å². The van der Waals surface area contributed by atoms with Gasteiger partial charge < -0.3 is 9.63 Å². The first-order valence-electron chi connectivity index (χ1n) is 6.52. The lowest BCUT2D eigenvalue weighted by atomic mass is 10.2. The van der Waals surface area contributed by atoms with Gasteiger partial charge in [0, 0.05) is 11.8 Å². The first-order valence-corrected chi connectivity index (χ1v) is 6.52. The van der Waals surface area contributed by atoms with Gasteiger partial charge in [0.05, 0.1) is 13.2 Å². The van der Waals surface area contributed by atoms with Crippen molar-refractivity contribution >= 4 is 5.57 Å². The minimum Gasteiger partial charge on any atom is -0.395 e. The molecule has 2 aromatic rings. The van der Waals surface area contributed by atoms with Crippen LogP contribution in [0.3, 0.4) is 0 Å². The van der Waals surface area contributed by atoms with Gasteiger partial charge in [-0.15, -0.1) is 0 Å². The van der Waals surface area contributed by atoms with Gasteiger partial charge >= 0.3 is 5.69 Å². The fourth-order valence-electron chi connectivity index (χ4n) is 1.83. The van der Waals surface area contributed by atoms with Crippen LogP contribution in [0, 0.1) is 0 Å². The number of aromatic amines is 1. The molecule has 2 heterocycles. The van der Waals surface area contributed by atoms with Gasteiger partial charge in [0.25, 0.3) is 11.4 Å². The number of nitrogens with one attached hydrogen (secondary N) is 1. The number of H-pyrrole nitrogens is 1. The summed E-state index contributed by atoms with van der Waals surface area (Å²) >= 11 is 0. The second-order valence-corrected chi connectivity index (χ2v) is 4.44. The number of aromatic nitrogens is 4. The Balaban J connectivity index is 2.47. The molecule has 0 aliphatic rings. The fourth-order valence-corrected chi connectivity index (χ4v) is 1.83. The van der Waals surface area contributed by atoms with E-state index in [2.05, 4.69) is 15.1 Å². The third kappa shape index (κ3) is 3.16. The van der Waals surface area contributed by atoms with E-state index < -0.39 is 11.2 Å². The lowest BCUT2D eigenvalue weighted by Gasteiger charge is -2.02. The summed E-state index contributed by atoms with van der Waals surface area (Å²) in [6.07, 6.45) is 4.06. The number of hydrogen-bond acceptors (Lipinski definition) is 6. The molecule has 21 heavy (non-hydrogen) atoms. The highest BCUT2D eigenvalue weighted by atomic mass is 16.5.